The maximum Gasteiger partial charge on any atom is 0.0702 e. The van der Waals surface area contributed by atoms with Crippen molar-refractivity contribution in [2.24, 2.45) is 0 Å². The number of nitrogens with zero attached hydrogens (tertiary/aromatic N) is 2. The van der Waals surface area contributed by atoms with Crippen molar-refractivity contribution in [1.82, 2.24) is 9.97 Å². The molecule has 2 heteroatoms. The lowest BCUT2D eigenvalue weighted by atomic mass is 9.86. The predicted octanol–water partition coefficient (Wildman–Crippen LogP) is 14.7. The van der Waals surface area contributed by atoms with Crippen LogP contribution >= 0.6 is 0 Å². The van der Waals surface area contributed by atoms with Gasteiger partial charge in [-0.15, -0.1) is 0 Å². The molecule has 0 saturated heterocycles. The second kappa shape index (κ2) is 13.4. The molecule has 57 heavy (non-hydrogen) atoms. The lowest BCUT2D eigenvalue weighted by Crippen LogP contribution is -1.92. The van der Waals surface area contributed by atoms with E-state index < -0.39 is 0 Å². The Kier molecular flexibility index (Phi) is 7.75. The SMILES string of the molecule is Cc1ccccc1-c1ccc(-c2cc(-c3cc(-c4ccccn4)cc(-c4ccccn4)c3)cc(-c3ccc4c5c(cccc35)-c3ccccc3-4)c2)c2ccccc12. The van der Waals surface area contributed by atoms with Crippen molar-refractivity contribution in [1.29, 1.82) is 0 Å². The third kappa shape index (κ3) is 5.57. The van der Waals surface area contributed by atoms with Gasteiger partial charge in [-0.25, -0.2) is 0 Å². The Hall–Kier alpha value is -7.42. The van der Waals surface area contributed by atoms with Gasteiger partial charge >= 0.3 is 0 Å². The Morgan fingerprint density at radius 1 is 0.281 bits per heavy atom. The van der Waals surface area contributed by atoms with E-state index in [4.69, 9.17) is 9.97 Å². The van der Waals surface area contributed by atoms with E-state index >= 15 is 0 Å². The number of aromatic nitrogens is 2. The van der Waals surface area contributed by atoms with Crippen molar-refractivity contribution in [3.8, 4) is 89.3 Å². The Morgan fingerprint density at radius 2 is 0.702 bits per heavy atom. The lowest BCUT2D eigenvalue weighted by molar-refractivity contribution is 1.31. The van der Waals surface area contributed by atoms with Gasteiger partial charge < -0.3 is 0 Å². The number of aryl methyl sites for hydroxylation is 1. The highest BCUT2D eigenvalue weighted by Gasteiger charge is 2.23. The van der Waals surface area contributed by atoms with Gasteiger partial charge in [0.1, 0.15) is 0 Å². The summed E-state index contributed by atoms with van der Waals surface area (Å²) >= 11 is 0. The van der Waals surface area contributed by atoms with Crippen LogP contribution in [0.5, 0.6) is 0 Å². The number of rotatable bonds is 6. The maximum absolute atomic E-state index is 4.78. The highest BCUT2D eigenvalue weighted by Crippen LogP contribution is 2.50. The zero-order valence-electron chi connectivity index (χ0n) is 31.4. The number of hydrogen-bond acceptors (Lipinski definition) is 2. The standard InChI is InChI=1S/C55H36N2/c1-35-13-2-3-14-42(35)49-25-23-43(45-15-4-5-16-46(45)49)38-29-36(37-31-40(53-21-8-10-27-56-53)34-41(32-37)54-22-9-11-28-57-54)30-39(33-38)44-24-26-52-48-18-7-6-17-47(48)51-20-12-19-50(44)55(51)52/h2-34H,1H3. The van der Waals surface area contributed by atoms with Crippen molar-refractivity contribution < 1.29 is 0 Å². The molecule has 266 valence electrons. The highest BCUT2D eigenvalue weighted by atomic mass is 14.7. The summed E-state index contributed by atoms with van der Waals surface area (Å²) in [5, 5.41) is 5.06. The van der Waals surface area contributed by atoms with Gasteiger partial charge in [0, 0.05) is 23.5 Å². The van der Waals surface area contributed by atoms with Crippen LogP contribution in [0.25, 0.3) is 111 Å². The smallest absolute Gasteiger partial charge is 0.0702 e. The maximum atomic E-state index is 4.78. The predicted molar refractivity (Wildman–Crippen MR) is 239 cm³/mol. The zero-order valence-corrected chi connectivity index (χ0v) is 31.4. The van der Waals surface area contributed by atoms with Crippen LogP contribution in [0, 0.1) is 6.92 Å². The quantitative estimate of drug-likeness (QED) is 0.171. The molecule has 0 saturated carbocycles. The second-order valence-electron chi connectivity index (χ2n) is 15.0. The molecule has 0 aliphatic heterocycles. The molecule has 10 aromatic rings. The first kappa shape index (κ1) is 33.0. The Morgan fingerprint density at radius 3 is 1.32 bits per heavy atom. The molecule has 0 bridgehead atoms. The zero-order chi connectivity index (χ0) is 37.9. The average Bonchev–Trinajstić information content (AvgIpc) is 3.61. The van der Waals surface area contributed by atoms with Gasteiger partial charge in [0.25, 0.3) is 0 Å². The highest BCUT2D eigenvalue weighted by molar-refractivity contribution is 6.19. The molecule has 0 unspecified atom stereocenters. The molecule has 0 radical (unpaired) electrons. The van der Waals surface area contributed by atoms with E-state index in [0.717, 1.165) is 33.6 Å². The van der Waals surface area contributed by atoms with Gasteiger partial charge in [-0.05, 0) is 161 Å². The first-order chi connectivity index (χ1) is 28.2. The molecule has 2 heterocycles. The normalized spacial score (nSPS) is 11.6. The fourth-order valence-electron chi connectivity index (χ4n) is 8.98. The molecular formula is C55H36N2. The minimum absolute atomic E-state index is 0.928. The van der Waals surface area contributed by atoms with Crippen LogP contribution in [0.15, 0.2) is 200 Å². The summed E-state index contributed by atoms with van der Waals surface area (Å²) in [6, 6.07) is 68.5. The van der Waals surface area contributed by atoms with E-state index in [1.54, 1.807) is 0 Å². The first-order valence-corrected chi connectivity index (χ1v) is 19.6. The van der Waals surface area contributed by atoms with E-state index in [1.807, 2.05) is 36.7 Å². The monoisotopic (exact) mass is 724 g/mol. The molecule has 2 nitrogen and oxygen atoms in total. The average molecular weight is 725 g/mol. The lowest BCUT2D eigenvalue weighted by Gasteiger charge is -2.17. The van der Waals surface area contributed by atoms with E-state index in [-0.39, 0.29) is 0 Å². The van der Waals surface area contributed by atoms with Crippen molar-refractivity contribution in [2.75, 3.05) is 0 Å². The molecule has 0 atom stereocenters. The topological polar surface area (TPSA) is 25.8 Å². The van der Waals surface area contributed by atoms with Crippen LogP contribution in [0.1, 0.15) is 5.56 Å². The summed E-state index contributed by atoms with van der Waals surface area (Å²) in [6.07, 6.45) is 3.72. The molecule has 0 fully saturated rings. The molecule has 0 N–H and O–H groups in total. The number of fused-ring (bicyclic) bond motifs is 4. The van der Waals surface area contributed by atoms with Crippen LogP contribution in [-0.4, -0.2) is 9.97 Å². The molecule has 11 rings (SSSR count). The van der Waals surface area contributed by atoms with Crippen LogP contribution in [-0.2, 0) is 0 Å². The first-order valence-electron chi connectivity index (χ1n) is 19.6. The fraction of sp³-hybridized carbons (Fsp3) is 0.0182. The van der Waals surface area contributed by atoms with Gasteiger partial charge in [-0.1, -0.05) is 127 Å². The van der Waals surface area contributed by atoms with Crippen LogP contribution in [0.3, 0.4) is 0 Å². The number of pyridine rings is 2. The molecule has 8 aromatic carbocycles. The van der Waals surface area contributed by atoms with Crippen molar-refractivity contribution in [3.63, 3.8) is 0 Å². The minimum Gasteiger partial charge on any atom is -0.256 e. The summed E-state index contributed by atoms with van der Waals surface area (Å²) in [5.74, 6) is 0. The van der Waals surface area contributed by atoms with E-state index in [9.17, 15) is 0 Å². The summed E-state index contributed by atoms with van der Waals surface area (Å²) in [6.45, 7) is 2.20. The van der Waals surface area contributed by atoms with Crippen LogP contribution < -0.4 is 0 Å². The summed E-state index contributed by atoms with van der Waals surface area (Å²) in [5.41, 5.74) is 20.0. The van der Waals surface area contributed by atoms with Gasteiger partial charge in [0.15, 0.2) is 0 Å². The molecule has 0 spiro atoms. The molecule has 0 amide bonds. The van der Waals surface area contributed by atoms with Crippen molar-refractivity contribution in [2.45, 2.75) is 6.92 Å². The largest absolute Gasteiger partial charge is 0.256 e. The Balaban J connectivity index is 1.18. The third-order valence-corrected chi connectivity index (χ3v) is 11.7. The van der Waals surface area contributed by atoms with Crippen molar-refractivity contribution >= 4 is 21.5 Å². The molecule has 1 aliphatic rings. The van der Waals surface area contributed by atoms with E-state index in [2.05, 4.69) is 171 Å². The van der Waals surface area contributed by atoms with E-state index in [1.165, 1.54) is 82.7 Å². The van der Waals surface area contributed by atoms with Crippen molar-refractivity contribution in [3.05, 3.63) is 206 Å². The van der Waals surface area contributed by atoms with Gasteiger partial charge in [-0.3, -0.25) is 9.97 Å². The Labute approximate surface area is 332 Å². The van der Waals surface area contributed by atoms with E-state index in [0.29, 0.717) is 0 Å². The summed E-state index contributed by atoms with van der Waals surface area (Å²) < 4.78 is 0. The van der Waals surface area contributed by atoms with Crippen LogP contribution in [0.4, 0.5) is 0 Å². The van der Waals surface area contributed by atoms with Gasteiger partial charge in [0.2, 0.25) is 0 Å². The summed E-state index contributed by atoms with van der Waals surface area (Å²) in [4.78, 5) is 9.55. The summed E-state index contributed by atoms with van der Waals surface area (Å²) in [7, 11) is 0. The van der Waals surface area contributed by atoms with Gasteiger partial charge in [-0.2, -0.15) is 0 Å². The fourth-order valence-corrected chi connectivity index (χ4v) is 8.98. The Bertz CT molecular complexity index is 3090. The number of hydrogen-bond donors (Lipinski definition) is 0. The third-order valence-electron chi connectivity index (χ3n) is 11.7. The van der Waals surface area contributed by atoms with Crippen LogP contribution in [0.2, 0.25) is 0 Å². The minimum atomic E-state index is 0.928. The second-order valence-corrected chi connectivity index (χ2v) is 15.0. The molecular weight excluding hydrogens is 689 g/mol. The molecule has 1 aliphatic carbocycles. The molecule has 2 aromatic heterocycles. The van der Waals surface area contributed by atoms with Gasteiger partial charge in [0.05, 0.1) is 11.4 Å². The number of benzene rings is 8.